The van der Waals surface area contributed by atoms with Gasteiger partial charge in [0.25, 0.3) is 0 Å². The molecule has 0 spiro atoms. The molecule has 116 valence electrons. The predicted molar refractivity (Wildman–Crippen MR) is 80.9 cm³/mol. The van der Waals surface area contributed by atoms with Gasteiger partial charge in [-0.25, -0.2) is 10.3 Å². The van der Waals surface area contributed by atoms with Crippen LogP contribution in [-0.2, 0) is 4.84 Å². The summed E-state index contributed by atoms with van der Waals surface area (Å²) in [4.78, 5) is 16.5. The molecule has 3 N–H and O–H groups in total. The number of carbonyl (C=O) groups excluding carboxylic acids is 1. The molecule has 1 aromatic rings. The van der Waals surface area contributed by atoms with Gasteiger partial charge in [0.05, 0.1) is 24.3 Å². The fraction of sp³-hybridized carbons (Fsp3) is 0.462. The van der Waals surface area contributed by atoms with E-state index in [4.69, 9.17) is 32.8 Å². The van der Waals surface area contributed by atoms with E-state index in [2.05, 4.69) is 16.1 Å². The summed E-state index contributed by atoms with van der Waals surface area (Å²) in [6, 6.07) is 4.86. The highest BCUT2D eigenvalue weighted by molar-refractivity contribution is 6.35. The number of nitrogens with one attached hydrogen (secondary N) is 3. The number of halogens is 2. The highest BCUT2D eigenvalue weighted by Crippen LogP contribution is 2.27. The molecule has 1 saturated heterocycles. The minimum absolute atomic E-state index is 0.00845. The number of carbonyl (C=O) groups is 1. The third-order valence-corrected chi connectivity index (χ3v) is 3.34. The van der Waals surface area contributed by atoms with Crippen LogP contribution in [0.15, 0.2) is 18.2 Å². The second-order valence-electron chi connectivity index (χ2n) is 4.53. The number of benzene rings is 1. The summed E-state index contributed by atoms with van der Waals surface area (Å²) < 4.78 is 5.51. The zero-order valence-corrected chi connectivity index (χ0v) is 12.8. The number of urea groups is 1. The molecule has 6 nitrogen and oxygen atoms in total. The zero-order valence-electron chi connectivity index (χ0n) is 11.3. The average molecular weight is 334 g/mol. The van der Waals surface area contributed by atoms with Crippen LogP contribution in [0.3, 0.4) is 0 Å². The fourth-order valence-electron chi connectivity index (χ4n) is 1.76. The number of hydroxylamine groups is 1. The van der Waals surface area contributed by atoms with Gasteiger partial charge in [-0.05, 0) is 24.6 Å². The van der Waals surface area contributed by atoms with Crippen LogP contribution in [-0.4, -0.2) is 38.4 Å². The van der Waals surface area contributed by atoms with Crippen molar-refractivity contribution in [3.8, 4) is 5.75 Å². The van der Waals surface area contributed by atoms with Gasteiger partial charge in [0.15, 0.2) is 0 Å². The van der Waals surface area contributed by atoms with Crippen molar-refractivity contribution < 1.29 is 14.4 Å². The maximum absolute atomic E-state index is 11.5. The smallest absolute Gasteiger partial charge is 0.315 e. The Morgan fingerprint density at radius 3 is 3.05 bits per heavy atom. The lowest BCUT2D eigenvalue weighted by molar-refractivity contribution is 0.0995. The topological polar surface area (TPSA) is 71.6 Å². The van der Waals surface area contributed by atoms with Gasteiger partial charge in [-0.1, -0.05) is 23.2 Å². The van der Waals surface area contributed by atoms with Gasteiger partial charge < -0.3 is 15.4 Å². The van der Waals surface area contributed by atoms with Crippen LogP contribution >= 0.6 is 23.2 Å². The van der Waals surface area contributed by atoms with E-state index in [-0.39, 0.29) is 12.1 Å². The second kappa shape index (κ2) is 8.29. The summed E-state index contributed by atoms with van der Waals surface area (Å²) in [5, 5.41) is 6.58. The Hall–Kier alpha value is -1.21. The van der Waals surface area contributed by atoms with E-state index >= 15 is 0 Å². The predicted octanol–water partition coefficient (Wildman–Crippen LogP) is 1.96. The van der Waals surface area contributed by atoms with Crippen LogP contribution in [0.25, 0.3) is 0 Å². The van der Waals surface area contributed by atoms with Gasteiger partial charge in [0, 0.05) is 18.1 Å². The van der Waals surface area contributed by atoms with Gasteiger partial charge in [0.2, 0.25) is 0 Å². The molecule has 2 amide bonds. The van der Waals surface area contributed by atoms with Crippen LogP contribution < -0.4 is 20.9 Å². The van der Waals surface area contributed by atoms with E-state index in [0.29, 0.717) is 48.5 Å². The summed E-state index contributed by atoms with van der Waals surface area (Å²) in [5.41, 5.74) is 2.70. The van der Waals surface area contributed by atoms with Crippen molar-refractivity contribution in [1.29, 1.82) is 0 Å². The third-order valence-electron chi connectivity index (χ3n) is 2.81. The molecule has 1 fully saturated rings. The lowest BCUT2D eigenvalue weighted by atomic mass is 10.3. The minimum atomic E-state index is -0.211. The first-order valence-corrected chi connectivity index (χ1v) is 7.37. The van der Waals surface area contributed by atoms with Gasteiger partial charge in [-0.3, -0.25) is 4.84 Å². The summed E-state index contributed by atoms with van der Waals surface area (Å²) in [6.07, 6.45) is 0.672. The number of ether oxygens (including phenoxy) is 1. The van der Waals surface area contributed by atoms with Crippen molar-refractivity contribution >= 4 is 29.2 Å². The van der Waals surface area contributed by atoms with Crippen LogP contribution in [0.5, 0.6) is 5.75 Å². The fourth-order valence-corrected chi connectivity index (χ4v) is 2.22. The molecule has 21 heavy (non-hydrogen) atoms. The molecule has 1 heterocycles. The SMILES string of the molecule is O=C(NCCCOc1ccc(Cl)cc1Cl)N[C@H]1CNOC1. The summed E-state index contributed by atoms with van der Waals surface area (Å²) >= 11 is 11.8. The first-order chi connectivity index (χ1) is 10.1. The molecule has 1 aromatic carbocycles. The van der Waals surface area contributed by atoms with Gasteiger partial charge >= 0.3 is 6.03 Å². The Morgan fingerprint density at radius 1 is 1.48 bits per heavy atom. The standard InChI is InChI=1S/C13H17Cl2N3O3/c14-9-2-3-12(11(15)6-9)20-5-1-4-16-13(19)18-10-7-17-21-8-10/h2-3,6,10,17H,1,4-5,7-8H2,(H2,16,18,19)/t10-/m0/s1. The Balaban J connectivity index is 1.58. The summed E-state index contributed by atoms with van der Waals surface area (Å²) in [6.45, 7) is 2.06. The molecule has 1 atom stereocenters. The van der Waals surface area contributed by atoms with Crippen molar-refractivity contribution in [3.63, 3.8) is 0 Å². The zero-order chi connectivity index (χ0) is 15.1. The molecule has 1 aliphatic heterocycles. The molecule has 1 aliphatic rings. The molecule has 8 heteroatoms. The van der Waals surface area contributed by atoms with Gasteiger partial charge in [-0.15, -0.1) is 0 Å². The molecule has 0 aromatic heterocycles. The van der Waals surface area contributed by atoms with Crippen molar-refractivity contribution in [2.24, 2.45) is 0 Å². The monoisotopic (exact) mass is 333 g/mol. The summed E-state index contributed by atoms with van der Waals surface area (Å²) in [7, 11) is 0. The third kappa shape index (κ3) is 5.59. The molecule has 0 aliphatic carbocycles. The molecular weight excluding hydrogens is 317 g/mol. The van der Waals surface area contributed by atoms with Crippen molar-refractivity contribution in [2.45, 2.75) is 12.5 Å². The Bertz CT molecular complexity index is 482. The van der Waals surface area contributed by atoms with E-state index in [1.807, 2.05) is 0 Å². The van der Waals surface area contributed by atoms with Crippen LogP contribution in [0.2, 0.25) is 10.0 Å². The Labute approximate surface area is 133 Å². The molecule has 2 rings (SSSR count). The quantitative estimate of drug-likeness (QED) is 0.696. The molecule has 0 bridgehead atoms. The number of hydrogen-bond acceptors (Lipinski definition) is 4. The highest BCUT2D eigenvalue weighted by Gasteiger charge is 2.17. The largest absolute Gasteiger partial charge is 0.492 e. The lowest BCUT2D eigenvalue weighted by Gasteiger charge is -2.12. The number of amides is 2. The first-order valence-electron chi connectivity index (χ1n) is 6.62. The van der Waals surface area contributed by atoms with Crippen LogP contribution in [0.4, 0.5) is 4.79 Å². The minimum Gasteiger partial charge on any atom is -0.492 e. The normalized spacial score (nSPS) is 17.5. The van der Waals surface area contributed by atoms with Crippen molar-refractivity contribution in [3.05, 3.63) is 28.2 Å². The number of hydrogen-bond donors (Lipinski definition) is 3. The van der Waals surface area contributed by atoms with E-state index < -0.39 is 0 Å². The maximum atomic E-state index is 11.5. The lowest BCUT2D eigenvalue weighted by Crippen LogP contribution is -2.44. The van der Waals surface area contributed by atoms with E-state index in [1.54, 1.807) is 18.2 Å². The molecule has 0 radical (unpaired) electrons. The van der Waals surface area contributed by atoms with E-state index in [0.717, 1.165) is 0 Å². The van der Waals surface area contributed by atoms with Crippen LogP contribution in [0, 0.1) is 0 Å². The first kappa shape index (κ1) is 16.2. The number of rotatable bonds is 6. The second-order valence-corrected chi connectivity index (χ2v) is 5.38. The van der Waals surface area contributed by atoms with Crippen LogP contribution in [0.1, 0.15) is 6.42 Å². The van der Waals surface area contributed by atoms with E-state index in [9.17, 15) is 4.79 Å². The van der Waals surface area contributed by atoms with Crippen molar-refractivity contribution in [1.82, 2.24) is 16.1 Å². The Kier molecular flexibility index (Phi) is 6.38. The Morgan fingerprint density at radius 2 is 2.33 bits per heavy atom. The molecule has 0 saturated carbocycles. The van der Waals surface area contributed by atoms with E-state index in [1.165, 1.54) is 0 Å². The maximum Gasteiger partial charge on any atom is 0.315 e. The highest BCUT2D eigenvalue weighted by atomic mass is 35.5. The molecular formula is C13H17Cl2N3O3. The van der Waals surface area contributed by atoms with Gasteiger partial charge in [0.1, 0.15) is 5.75 Å². The molecule has 0 unspecified atom stereocenters. The summed E-state index contributed by atoms with van der Waals surface area (Å²) in [5.74, 6) is 0.583. The average Bonchev–Trinajstić information content (AvgIpc) is 2.93. The van der Waals surface area contributed by atoms with Gasteiger partial charge in [-0.2, -0.15) is 0 Å². The van der Waals surface area contributed by atoms with Crippen molar-refractivity contribution in [2.75, 3.05) is 26.3 Å².